The third-order valence-electron chi connectivity index (χ3n) is 2.62. The molecule has 0 fully saturated rings. The summed E-state index contributed by atoms with van der Waals surface area (Å²) >= 11 is 0. The molecular weight excluding hydrogens is 237 g/mol. The van der Waals surface area contributed by atoms with Crippen LogP contribution in [0.4, 0.5) is 10.1 Å². The summed E-state index contributed by atoms with van der Waals surface area (Å²) in [5, 5.41) is 19.3. The zero-order chi connectivity index (χ0) is 13.5. The maximum Gasteiger partial charge on any atom is 0.274 e. The molecule has 96 valence electrons. The predicted molar refractivity (Wildman–Crippen MR) is 64.2 cm³/mol. The van der Waals surface area contributed by atoms with Gasteiger partial charge in [0.1, 0.15) is 5.82 Å². The fourth-order valence-electron chi connectivity index (χ4n) is 1.66. The van der Waals surface area contributed by atoms with Gasteiger partial charge in [-0.2, -0.15) is 5.26 Å². The van der Waals surface area contributed by atoms with Crippen molar-refractivity contribution in [2.24, 2.45) is 0 Å². The summed E-state index contributed by atoms with van der Waals surface area (Å²) in [6, 6.07) is 5.44. The normalized spacial score (nSPS) is 10.3. The molecule has 0 heterocycles. The van der Waals surface area contributed by atoms with Gasteiger partial charge >= 0.3 is 0 Å². The van der Waals surface area contributed by atoms with Gasteiger partial charge in [0.05, 0.1) is 11.0 Å². The van der Waals surface area contributed by atoms with Gasteiger partial charge in [-0.05, 0) is 18.7 Å². The van der Waals surface area contributed by atoms with Crippen LogP contribution in [0, 0.1) is 27.3 Å². The Morgan fingerprint density at radius 2 is 2.28 bits per heavy atom. The number of benzene rings is 1. The lowest BCUT2D eigenvalue weighted by Crippen LogP contribution is -2.24. The van der Waals surface area contributed by atoms with Crippen molar-refractivity contribution in [2.75, 3.05) is 13.1 Å². The minimum Gasteiger partial charge on any atom is -0.298 e. The first-order valence-corrected chi connectivity index (χ1v) is 5.60. The molecule has 0 aliphatic heterocycles. The largest absolute Gasteiger partial charge is 0.298 e. The average molecular weight is 251 g/mol. The van der Waals surface area contributed by atoms with E-state index in [0.717, 1.165) is 6.07 Å². The standard InChI is InChI=1S/C12H14FN3O2/c1-2-15(7-3-6-14)9-10-8-11(13)4-5-12(10)16(17)18/h4-5,8H,2-3,7,9H2,1H3. The van der Waals surface area contributed by atoms with Crippen LogP contribution < -0.4 is 0 Å². The molecule has 18 heavy (non-hydrogen) atoms. The minimum absolute atomic E-state index is 0.0909. The molecule has 5 nitrogen and oxygen atoms in total. The fourth-order valence-corrected chi connectivity index (χ4v) is 1.66. The molecule has 0 unspecified atom stereocenters. The molecule has 6 heteroatoms. The van der Waals surface area contributed by atoms with Crippen LogP contribution in [0.2, 0.25) is 0 Å². The average Bonchev–Trinajstić information content (AvgIpc) is 2.34. The summed E-state index contributed by atoms with van der Waals surface area (Å²) in [4.78, 5) is 12.2. The van der Waals surface area contributed by atoms with Gasteiger partial charge in [0, 0.05) is 31.1 Å². The van der Waals surface area contributed by atoms with Crippen molar-refractivity contribution < 1.29 is 9.31 Å². The van der Waals surface area contributed by atoms with E-state index in [0.29, 0.717) is 25.1 Å². The monoisotopic (exact) mass is 251 g/mol. The first kappa shape index (κ1) is 14.1. The zero-order valence-electron chi connectivity index (χ0n) is 10.1. The SMILES string of the molecule is CCN(CCC#N)Cc1cc(F)ccc1[N+](=O)[O-]. The summed E-state index contributed by atoms with van der Waals surface area (Å²) < 4.78 is 13.1. The molecule has 0 bridgehead atoms. The van der Waals surface area contributed by atoms with Crippen LogP contribution in [0.15, 0.2) is 18.2 Å². The zero-order valence-corrected chi connectivity index (χ0v) is 10.1. The highest BCUT2D eigenvalue weighted by molar-refractivity contribution is 5.40. The second-order valence-electron chi connectivity index (χ2n) is 3.81. The molecular formula is C12H14FN3O2. The van der Waals surface area contributed by atoms with Crippen molar-refractivity contribution in [1.82, 2.24) is 4.90 Å². The number of nitrogens with zero attached hydrogens (tertiary/aromatic N) is 3. The Labute approximate surface area is 105 Å². The number of nitro groups is 1. The van der Waals surface area contributed by atoms with E-state index in [1.165, 1.54) is 12.1 Å². The van der Waals surface area contributed by atoms with Crippen LogP contribution in [-0.2, 0) is 6.54 Å². The van der Waals surface area contributed by atoms with Crippen molar-refractivity contribution >= 4 is 5.69 Å². The van der Waals surface area contributed by atoms with E-state index in [1.807, 2.05) is 17.9 Å². The predicted octanol–water partition coefficient (Wildman–Crippen LogP) is 2.47. The van der Waals surface area contributed by atoms with Crippen molar-refractivity contribution in [1.29, 1.82) is 5.26 Å². The quantitative estimate of drug-likeness (QED) is 0.575. The van der Waals surface area contributed by atoms with Gasteiger partial charge in [0.25, 0.3) is 5.69 Å². The lowest BCUT2D eigenvalue weighted by atomic mass is 10.1. The molecule has 0 aromatic heterocycles. The lowest BCUT2D eigenvalue weighted by molar-refractivity contribution is -0.385. The van der Waals surface area contributed by atoms with E-state index in [9.17, 15) is 14.5 Å². The molecule has 0 atom stereocenters. The molecule has 0 N–H and O–H groups in total. The first-order chi connectivity index (χ1) is 8.58. The van der Waals surface area contributed by atoms with Gasteiger partial charge in [-0.15, -0.1) is 0 Å². The van der Waals surface area contributed by atoms with Crippen LogP contribution in [0.5, 0.6) is 0 Å². The van der Waals surface area contributed by atoms with E-state index < -0.39 is 10.7 Å². The highest BCUT2D eigenvalue weighted by Crippen LogP contribution is 2.21. The van der Waals surface area contributed by atoms with Gasteiger partial charge in [-0.1, -0.05) is 6.92 Å². The molecule has 0 amide bonds. The Hall–Kier alpha value is -2.00. The van der Waals surface area contributed by atoms with E-state index in [-0.39, 0.29) is 12.2 Å². The van der Waals surface area contributed by atoms with E-state index >= 15 is 0 Å². The summed E-state index contributed by atoms with van der Waals surface area (Å²) in [6.45, 7) is 3.32. The summed E-state index contributed by atoms with van der Waals surface area (Å²) in [5.74, 6) is -0.494. The highest BCUT2D eigenvalue weighted by atomic mass is 19.1. The molecule has 1 aromatic carbocycles. The van der Waals surface area contributed by atoms with Crippen LogP contribution in [0.25, 0.3) is 0 Å². The number of nitro benzene ring substituents is 1. The van der Waals surface area contributed by atoms with Gasteiger partial charge < -0.3 is 0 Å². The Balaban J connectivity index is 2.90. The molecule has 1 rings (SSSR count). The number of hydrogen-bond acceptors (Lipinski definition) is 4. The maximum atomic E-state index is 13.1. The van der Waals surface area contributed by atoms with Crippen molar-refractivity contribution in [3.8, 4) is 6.07 Å². The number of hydrogen-bond donors (Lipinski definition) is 0. The molecule has 1 aromatic rings. The van der Waals surface area contributed by atoms with Crippen LogP contribution >= 0.6 is 0 Å². The second kappa shape index (κ2) is 6.67. The van der Waals surface area contributed by atoms with Crippen molar-refractivity contribution in [2.45, 2.75) is 19.9 Å². The molecule has 0 aliphatic rings. The first-order valence-electron chi connectivity index (χ1n) is 5.60. The van der Waals surface area contributed by atoms with Crippen LogP contribution in [0.3, 0.4) is 0 Å². The van der Waals surface area contributed by atoms with Crippen LogP contribution in [-0.4, -0.2) is 22.9 Å². The molecule has 0 aliphatic carbocycles. The Kier molecular flexibility index (Phi) is 5.21. The fraction of sp³-hybridized carbons (Fsp3) is 0.417. The third kappa shape index (κ3) is 3.79. The summed E-state index contributed by atoms with van der Waals surface area (Å²) in [6.07, 6.45) is 0.344. The minimum atomic E-state index is -0.521. The number of rotatable bonds is 6. The van der Waals surface area contributed by atoms with Crippen LogP contribution in [0.1, 0.15) is 18.9 Å². The Morgan fingerprint density at radius 3 is 2.83 bits per heavy atom. The van der Waals surface area contributed by atoms with E-state index in [4.69, 9.17) is 5.26 Å². The van der Waals surface area contributed by atoms with E-state index in [1.54, 1.807) is 0 Å². The van der Waals surface area contributed by atoms with Gasteiger partial charge in [-0.25, -0.2) is 4.39 Å². The Morgan fingerprint density at radius 1 is 1.56 bits per heavy atom. The molecule has 0 saturated heterocycles. The summed E-state index contributed by atoms with van der Waals surface area (Å²) in [7, 11) is 0. The van der Waals surface area contributed by atoms with Gasteiger partial charge in [-0.3, -0.25) is 15.0 Å². The van der Waals surface area contributed by atoms with Crippen molar-refractivity contribution in [3.63, 3.8) is 0 Å². The van der Waals surface area contributed by atoms with Crippen molar-refractivity contribution in [3.05, 3.63) is 39.7 Å². The molecule has 0 spiro atoms. The lowest BCUT2D eigenvalue weighted by Gasteiger charge is -2.18. The second-order valence-corrected chi connectivity index (χ2v) is 3.81. The van der Waals surface area contributed by atoms with Gasteiger partial charge in [0.2, 0.25) is 0 Å². The third-order valence-corrected chi connectivity index (χ3v) is 2.62. The van der Waals surface area contributed by atoms with Gasteiger partial charge in [0.15, 0.2) is 0 Å². The van der Waals surface area contributed by atoms with E-state index in [2.05, 4.69) is 0 Å². The number of halogens is 1. The molecule has 0 saturated carbocycles. The number of nitriles is 1. The topological polar surface area (TPSA) is 70.2 Å². The highest BCUT2D eigenvalue weighted by Gasteiger charge is 2.16. The molecule has 0 radical (unpaired) electrons. The maximum absolute atomic E-state index is 13.1. The smallest absolute Gasteiger partial charge is 0.274 e. The summed E-state index contributed by atoms with van der Waals surface area (Å²) in [5.41, 5.74) is 0.242. The Bertz CT molecular complexity index is 471.